The van der Waals surface area contributed by atoms with Crippen LogP contribution < -0.4 is 14.8 Å². The number of nitrogens with one attached hydrogen (secondary N) is 1. The van der Waals surface area contributed by atoms with Crippen LogP contribution in [-0.2, 0) is 0 Å². The molecule has 1 aliphatic rings. The molecule has 0 saturated carbocycles. The second-order valence-electron chi connectivity index (χ2n) is 5.45. The lowest BCUT2D eigenvalue weighted by molar-refractivity contribution is 0.162. The van der Waals surface area contributed by atoms with Gasteiger partial charge in [-0.1, -0.05) is 26.2 Å². The first-order chi connectivity index (χ1) is 9.88. The van der Waals surface area contributed by atoms with E-state index in [0.717, 1.165) is 50.5 Å². The van der Waals surface area contributed by atoms with Gasteiger partial charge in [-0.3, -0.25) is 0 Å². The Kier molecular flexibility index (Phi) is 6.72. The van der Waals surface area contributed by atoms with Crippen molar-refractivity contribution in [3.05, 3.63) is 24.3 Å². The second kappa shape index (κ2) is 8.85. The molecule has 1 aliphatic heterocycles. The topological polar surface area (TPSA) is 30.5 Å². The van der Waals surface area contributed by atoms with Crippen molar-refractivity contribution in [2.45, 2.75) is 51.6 Å². The van der Waals surface area contributed by atoms with Crippen molar-refractivity contribution in [3.63, 3.8) is 0 Å². The Morgan fingerprint density at radius 3 is 2.40 bits per heavy atom. The number of piperidine rings is 1. The summed E-state index contributed by atoms with van der Waals surface area (Å²) in [6.45, 7) is 5.16. The molecule has 0 aliphatic carbocycles. The van der Waals surface area contributed by atoms with Crippen LogP contribution in [0.1, 0.15) is 45.4 Å². The highest BCUT2D eigenvalue weighted by Crippen LogP contribution is 2.21. The number of ether oxygens (including phenoxy) is 2. The van der Waals surface area contributed by atoms with Crippen LogP contribution in [-0.4, -0.2) is 25.8 Å². The molecule has 1 aromatic rings. The van der Waals surface area contributed by atoms with E-state index in [9.17, 15) is 0 Å². The molecule has 0 spiro atoms. The van der Waals surface area contributed by atoms with E-state index in [1.807, 2.05) is 24.3 Å². The van der Waals surface area contributed by atoms with Crippen LogP contribution in [0.3, 0.4) is 0 Å². The van der Waals surface area contributed by atoms with Crippen molar-refractivity contribution in [3.8, 4) is 11.5 Å². The van der Waals surface area contributed by atoms with Gasteiger partial charge >= 0.3 is 0 Å². The Morgan fingerprint density at radius 2 is 1.70 bits per heavy atom. The molecular formula is C17H27NO2. The van der Waals surface area contributed by atoms with Crippen LogP contribution in [0.2, 0.25) is 0 Å². The molecular weight excluding hydrogens is 250 g/mol. The molecule has 1 saturated heterocycles. The average Bonchev–Trinajstić information content (AvgIpc) is 2.50. The molecule has 112 valence electrons. The van der Waals surface area contributed by atoms with Crippen LogP contribution in [0.4, 0.5) is 0 Å². The maximum Gasteiger partial charge on any atom is 0.119 e. The van der Waals surface area contributed by atoms with Crippen LogP contribution in [0.5, 0.6) is 11.5 Å². The Labute approximate surface area is 122 Å². The summed E-state index contributed by atoms with van der Waals surface area (Å²) in [6.07, 6.45) is 7.51. The van der Waals surface area contributed by atoms with Gasteiger partial charge < -0.3 is 14.8 Å². The summed E-state index contributed by atoms with van der Waals surface area (Å²) in [5, 5.41) is 3.35. The third kappa shape index (κ3) is 5.41. The van der Waals surface area contributed by atoms with Crippen molar-refractivity contribution in [1.29, 1.82) is 0 Å². The van der Waals surface area contributed by atoms with Gasteiger partial charge in [-0.25, -0.2) is 0 Å². The van der Waals surface area contributed by atoms with Gasteiger partial charge in [0, 0.05) is 0 Å². The van der Waals surface area contributed by atoms with Crippen LogP contribution in [0.25, 0.3) is 0 Å². The second-order valence-corrected chi connectivity index (χ2v) is 5.45. The number of hydrogen-bond donors (Lipinski definition) is 1. The highest BCUT2D eigenvalue weighted by molar-refractivity contribution is 5.31. The molecule has 1 N–H and O–H groups in total. The van der Waals surface area contributed by atoms with Gasteiger partial charge in [0.1, 0.15) is 17.6 Å². The summed E-state index contributed by atoms with van der Waals surface area (Å²) < 4.78 is 11.7. The summed E-state index contributed by atoms with van der Waals surface area (Å²) in [4.78, 5) is 0. The van der Waals surface area contributed by atoms with Crippen LogP contribution in [0, 0.1) is 0 Å². The van der Waals surface area contributed by atoms with Gasteiger partial charge in [0.2, 0.25) is 0 Å². The normalized spacial score (nSPS) is 16.1. The van der Waals surface area contributed by atoms with Gasteiger partial charge in [0.15, 0.2) is 0 Å². The molecule has 0 amide bonds. The summed E-state index contributed by atoms with van der Waals surface area (Å²) in [6, 6.07) is 8.05. The predicted octanol–water partition coefficient (Wildman–Crippen LogP) is 3.78. The standard InChI is InChI=1S/C17H27NO2/c1-2-3-4-5-14-19-15-6-8-16(9-7-15)20-17-10-12-18-13-11-17/h6-9,17-18H,2-5,10-14H2,1H3. The zero-order valence-electron chi connectivity index (χ0n) is 12.6. The molecule has 3 nitrogen and oxygen atoms in total. The lowest BCUT2D eigenvalue weighted by Crippen LogP contribution is -2.34. The lowest BCUT2D eigenvalue weighted by Gasteiger charge is -2.23. The molecule has 20 heavy (non-hydrogen) atoms. The zero-order chi connectivity index (χ0) is 14.0. The van der Waals surface area contributed by atoms with Crippen molar-refractivity contribution in [1.82, 2.24) is 5.32 Å². The van der Waals surface area contributed by atoms with Gasteiger partial charge in [-0.2, -0.15) is 0 Å². The number of hydrogen-bond acceptors (Lipinski definition) is 3. The summed E-state index contributed by atoms with van der Waals surface area (Å²) >= 11 is 0. The first-order valence-electron chi connectivity index (χ1n) is 7.98. The maximum absolute atomic E-state index is 5.97. The van der Waals surface area contributed by atoms with Gasteiger partial charge in [-0.15, -0.1) is 0 Å². The van der Waals surface area contributed by atoms with E-state index in [1.165, 1.54) is 19.3 Å². The molecule has 0 aromatic heterocycles. The third-order valence-corrected chi connectivity index (χ3v) is 3.68. The van der Waals surface area contributed by atoms with Crippen molar-refractivity contribution < 1.29 is 9.47 Å². The van der Waals surface area contributed by atoms with E-state index in [-0.39, 0.29) is 0 Å². The molecule has 1 fully saturated rings. The molecule has 3 heteroatoms. The molecule has 0 atom stereocenters. The first kappa shape index (κ1) is 15.2. The first-order valence-corrected chi connectivity index (χ1v) is 7.98. The fraction of sp³-hybridized carbons (Fsp3) is 0.647. The number of unbranched alkanes of at least 4 members (excludes halogenated alkanes) is 3. The Bertz CT molecular complexity index is 358. The van der Waals surface area contributed by atoms with Gasteiger partial charge in [0.05, 0.1) is 6.61 Å². The highest BCUT2D eigenvalue weighted by atomic mass is 16.5. The van der Waals surface area contributed by atoms with E-state index in [0.29, 0.717) is 6.10 Å². The van der Waals surface area contributed by atoms with E-state index in [2.05, 4.69) is 12.2 Å². The minimum Gasteiger partial charge on any atom is -0.494 e. The molecule has 0 bridgehead atoms. The fourth-order valence-corrected chi connectivity index (χ4v) is 2.44. The van der Waals surface area contributed by atoms with E-state index in [1.54, 1.807) is 0 Å². The monoisotopic (exact) mass is 277 g/mol. The number of benzene rings is 1. The summed E-state index contributed by atoms with van der Waals surface area (Å²) in [5.41, 5.74) is 0. The summed E-state index contributed by atoms with van der Waals surface area (Å²) in [5.74, 6) is 1.90. The zero-order valence-corrected chi connectivity index (χ0v) is 12.6. The number of rotatable bonds is 8. The molecule has 2 rings (SSSR count). The van der Waals surface area contributed by atoms with E-state index in [4.69, 9.17) is 9.47 Å². The Morgan fingerprint density at radius 1 is 1.00 bits per heavy atom. The SMILES string of the molecule is CCCCCCOc1ccc(OC2CCNCC2)cc1. The smallest absolute Gasteiger partial charge is 0.119 e. The third-order valence-electron chi connectivity index (χ3n) is 3.68. The van der Waals surface area contributed by atoms with Gasteiger partial charge in [-0.05, 0) is 56.6 Å². The van der Waals surface area contributed by atoms with E-state index < -0.39 is 0 Å². The maximum atomic E-state index is 5.97. The predicted molar refractivity (Wildman–Crippen MR) is 82.6 cm³/mol. The highest BCUT2D eigenvalue weighted by Gasteiger charge is 2.14. The van der Waals surface area contributed by atoms with Crippen LogP contribution >= 0.6 is 0 Å². The molecule has 0 radical (unpaired) electrons. The quantitative estimate of drug-likeness (QED) is 0.734. The molecule has 1 heterocycles. The van der Waals surface area contributed by atoms with E-state index >= 15 is 0 Å². The summed E-state index contributed by atoms with van der Waals surface area (Å²) in [7, 11) is 0. The molecule has 0 unspecified atom stereocenters. The van der Waals surface area contributed by atoms with Crippen molar-refractivity contribution in [2.75, 3.05) is 19.7 Å². The molecule has 1 aromatic carbocycles. The average molecular weight is 277 g/mol. The van der Waals surface area contributed by atoms with Crippen molar-refractivity contribution in [2.24, 2.45) is 0 Å². The Hall–Kier alpha value is -1.22. The van der Waals surface area contributed by atoms with Gasteiger partial charge in [0.25, 0.3) is 0 Å². The van der Waals surface area contributed by atoms with Crippen molar-refractivity contribution >= 4 is 0 Å². The fourth-order valence-electron chi connectivity index (χ4n) is 2.44. The lowest BCUT2D eigenvalue weighted by atomic mass is 10.1. The minimum absolute atomic E-state index is 0.358. The minimum atomic E-state index is 0.358. The van der Waals surface area contributed by atoms with Crippen LogP contribution in [0.15, 0.2) is 24.3 Å². The Balaban J connectivity index is 1.69. The largest absolute Gasteiger partial charge is 0.494 e.